The summed E-state index contributed by atoms with van der Waals surface area (Å²) in [6.07, 6.45) is 13.2. The molecular weight excluding hydrogens is 416 g/mol. The predicted molar refractivity (Wildman–Crippen MR) is 142 cm³/mol. The van der Waals surface area contributed by atoms with Gasteiger partial charge < -0.3 is 4.57 Å². The van der Waals surface area contributed by atoms with Crippen molar-refractivity contribution in [2.45, 2.75) is 0 Å². The predicted octanol–water partition coefficient (Wildman–Crippen LogP) is 7.41. The van der Waals surface area contributed by atoms with Crippen molar-refractivity contribution < 1.29 is 0 Å². The van der Waals surface area contributed by atoms with Crippen LogP contribution in [-0.4, -0.2) is 19.1 Å². The standard InChI is InChI=1S/C30H22N4/c1-3-7-23(4-2)33-19-16-26-27(33)12-11-25-24-8-5-6-9-28(24)34(30(25)26)29-13-10-22(20-32-29)21-14-17-31-18-15-21/h3-20H,1-2H2/b23-7+. The highest BCUT2D eigenvalue weighted by Crippen LogP contribution is 2.37. The van der Waals surface area contributed by atoms with Gasteiger partial charge >= 0.3 is 0 Å². The van der Waals surface area contributed by atoms with Crippen LogP contribution in [-0.2, 0) is 0 Å². The fraction of sp³-hybridized carbons (Fsp3) is 0. The zero-order valence-corrected chi connectivity index (χ0v) is 18.6. The Kier molecular flexibility index (Phi) is 4.70. The molecule has 0 aliphatic carbocycles. The van der Waals surface area contributed by atoms with Gasteiger partial charge in [0.2, 0.25) is 0 Å². The van der Waals surface area contributed by atoms with Gasteiger partial charge in [-0.2, -0.15) is 0 Å². The van der Waals surface area contributed by atoms with Crippen LogP contribution >= 0.6 is 0 Å². The Morgan fingerprint density at radius 1 is 0.765 bits per heavy atom. The number of benzene rings is 2. The van der Waals surface area contributed by atoms with Crippen molar-refractivity contribution in [3.05, 3.63) is 123 Å². The second-order valence-electron chi connectivity index (χ2n) is 8.11. The maximum atomic E-state index is 4.89. The summed E-state index contributed by atoms with van der Waals surface area (Å²) in [5.74, 6) is 0.884. The van der Waals surface area contributed by atoms with E-state index in [1.165, 1.54) is 10.8 Å². The Morgan fingerprint density at radius 3 is 2.38 bits per heavy atom. The molecule has 0 amide bonds. The molecule has 4 heterocycles. The van der Waals surface area contributed by atoms with Crippen molar-refractivity contribution in [1.82, 2.24) is 19.1 Å². The van der Waals surface area contributed by atoms with Crippen LogP contribution in [0.4, 0.5) is 0 Å². The maximum Gasteiger partial charge on any atom is 0.137 e. The zero-order chi connectivity index (χ0) is 23.1. The fourth-order valence-electron chi connectivity index (χ4n) is 4.74. The van der Waals surface area contributed by atoms with Gasteiger partial charge in [-0.05, 0) is 60.2 Å². The van der Waals surface area contributed by atoms with Crippen molar-refractivity contribution in [2.24, 2.45) is 0 Å². The van der Waals surface area contributed by atoms with E-state index in [2.05, 4.69) is 88.1 Å². The van der Waals surface area contributed by atoms with Crippen LogP contribution in [0.1, 0.15) is 0 Å². The largest absolute Gasteiger partial charge is 0.317 e. The maximum absolute atomic E-state index is 4.89. The van der Waals surface area contributed by atoms with Crippen molar-refractivity contribution in [3.63, 3.8) is 0 Å². The van der Waals surface area contributed by atoms with Gasteiger partial charge in [-0.1, -0.05) is 43.5 Å². The Balaban J connectivity index is 1.64. The second-order valence-corrected chi connectivity index (χ2v) is 8.11. The molecule has 0 radical (unpaired) electrons. The summed E-state index contributed by atoms with van der Waals surface area (Å²) in [7, 11) is 0. The minimum absolute atomic E-state index is 0.884. The Bertz CT molecular complexity index is 1720. The highest BCUT2D eigenvalue weighted by molar-refractivity contribution is 6.18. The number of hydrogen-bond acceptors (Lipinski definition) is 2. The second kappa shape index (κ2) is 8.01. The zero-order valence-electron chi connectivity index (χ0n) is 18.6. The first-order valence-electron chi connectivity index (χ1n) is 11.2. The number of para-hydroxylation sites is 1. The average Bonchev–Trinajstić information content (AvgIpc) is 3.47. The summed E-state index contributed by atoms with van der Waals surface area (Å²) in [5.41, 5.74) is 6.52. The van der Waals surface area contributed by atoms with E-state index in [-0.39, 0.29) is 0 Å². The summed E-state index contributed by atoms with van der Waals surface area (Å²) in [6, 6.07) is 23.2. The first-order valence-corrected chi connectivity index (χ1v) is 11.2. The summed E-state index contributed by atoms with van der Waals surface area (Å²) >= 11 is 0. The summed E-state index contributed by atoms with van der Waals surface area (Å²) in [6.45, 7) is 7.83. The monoisotopic (exact) mass is 438 g/mol. The Labute approximate surface area is 197 Å². The smallest absolute Gasteiger partial charge is 0.137 e. The van der Waals surface area contributed by atoms with Gasteiger partial charge in [0.25, 0.3) is 0 Å². The van der Waals surface area contributed by atoms with Crippen molar-refractivity contribution in [2.75, 3.05) is 0 Å². The number of pyridine rings is 2. The number of hydrogen-bond donors (Lipinski definition) is 0. The molecule has 6 aromatic rings. The van der Waals surface area contributed by atoms with Crippen LogP contribution in [0.25, 0.3) is 55.4 Å². The molecule has 6 rings (SSSR count). The van der Waals surface area contributed by atoms with Crippen LogP contribution < -0.4 is 0 Å². The molecule has 4 nitrogen and oxygen atoms in total. The Morgan fingerprint density at radius 2 is 1.62 bits per heavy atom. The highest BCUT2D eigenvalue weighted by atomic mass is 15.1. The summed E-state index contributed by atoms with van der Waals surface area (Å²) in [4.78, 5) is 9.00. The first kappa shape index (κ1) is 19.9. The normalized spacial score (nSPS) is 11.9. The van der Waals surface area contributed by atoms with Crippen LogP contribution in [0.5, 0.6) is 0 Å². The van der Waals surface area contributed by atoms with E-state index in [1.54, 1.807) is 18.5 Å². The van der Waals surface area contributed by atoms with Crippen molar-refractivity contribution in [1.29, 1.82) is 0 Å². The molecular formula is C30H22N4. The molecule has 0 aliphatic heterocycles. The number of fused-ring (bicyclic) bond motifs is 5. The number of nitrogens with zero attached hydrogens (tertiary/aromatic N) is 4. The van der Waals surface area contributed by atoms with E-state index < -0.39 is 0 Å². The van der Waals surface area contributed by atoms with Gasteiger partial charge in [-0.3, -0.25) is 9.55 Å². The summed E-state index contributed by atoms with van der Waals surface area (Å²) in [5, 5.41) is 3.57. The van der Waals surface area contributed by atoms with E-state index in [1.807, 2.05) is 30.5 Å². The molecule has 0 unspecified atom stereocenters. The molecule has 4 heteroatoms. The van der Waals surface area contributed by atoms with E-state index in [0.717, 1.165) is 44.6 Å². The lowest BCUT2D eigenvalue weighted by molar-refractivity contribution is 1.08. The van der Waals surface area contributed by atoms with Crippen molar-refractivity contribution in [3.8, 4) is 16.9 Å². The van der Waals surface area contributed by atoms with Crippen LogP contribution in [0.2, 0.25) is 0 Å². The van der Waals surface area contributed by atoms with Gasteiger partial charge in [-0.15, -0.1) is 0 Å². The fourth-order valence-corrected chi connectivity index (χ4v) is 4.74. The third-order valence-electron chi connectivity index (χ3n) is 6.27. The molecule has 2 aromatic carbocycles. The molecule has 0 N–H and O–H groups in total. The minimum atomic E-state index is 0.884. The Hall–Kier alpha value is -4.70. The molecule has 0 atom stereocenters. The summed E-state index contributed by atoms with van der Waals surface area (Å²) < 4.78 is 4.41. The molecule has 4 aromatic heterocycles. The van der Waals surface area contributed by atoms with Gasteiger partial charge in [-0.25, -0.2) is 4.98 Å². The van der Waals surface area contributed by atoms with E-state index in [9.17, 15) is 0 Å². The van der Waals surface area contributed by atoms with Crippen LogP contribution in [0, 0.1) is 0 Å². The molecule has 34 heavy (non-hydrogen) atoms. The molecule has 0 saturated heterocycles. The van der Waals surface area contributed by atoms with Gasteiger partial charge in [0.05, 0.1) is 16.6 Å². The van der Waals surface area contributed by atoms with Gasteiger partial charge in [0.15, 0.2) is 0 Å². The van der Waals surface area contributed by atoms with E-state index in [4.69, 9.17) is 4.98 Å². The SMILES string of the molecule is C=C/C=C(\C=C)n1ccc2c1ccc1c3ccccc3n(-c3ccc(-c4ccncc4)cn3)c12. The molecule has 0 saturated carbocycles. The van der Waals surface area contributed by atoms with E-state index >= 15 is 0 Å². The van der Waals surface area contributed by atoms with Crippen molar-refractivity contribution >= 4 is 38.4 Å². The van der Waals surface area contributed by atoms with Gasteiger partial charge in [0, 0.05) is 52.2 Å². The van der Waals surface area contributed by atoms with Crippen LogP contribution in [0.3, 0.4) is 0 Å². The topological polar surface area (TPSA) is 35.6 Å². The molecule has 0 aliphatic rings. The molecule has 0 fully saturated rings. The minimum Gasteiger partial charge on any atom is -0.317 e. The third kappa shape index (κ3) is 3.00. The lowest BCUT2D eigenvalue weighted by Crippen LogP contribution is -1.98. The van der Waals surface area contributed by atoms with E-state index in [0.29, 0.717) is 0 Å². The number of allylic oxidation sites excluding steroid dienone is 4. The lowest BCUT2D eigenvalue weighted by Gasteiger charge is -2.10. The molecule has 162 valence electrons. The lowest BCUT2D eigenvalue weighted by atomic mass is 10.1. The molecule has 0 bridgehead atoms. The first-order chi connectivity index (χ1) is 16.8. The highest BCUT2D eigenvalue weighted by Gasteiger charge is 2.17. The third-order valence-corrected chi connectivity index (χ3v) is 6.27. The number of rotatable bonds is 5. The quantitative estimate of drug-likeness (QED) is 0.263. The average molecular weight is 439 g/mol. The van der Waals surface area contributed by atoms with Crippen LogP contribution in [0.15, 0.2) is 123 Å². The molecule has 0 spiro atoms. The van der Waals surface area contributed by atoms with Gasteiger partial charge in [0.1, 0.15) is 5.82 Å². The number of aromatic nitrogens is 4.